The average Bonchev–Trinajstić information content (AvgIpc) is 3.12. The number of esters is 4. The zero-order valence-corrected chi connectivity index (χ0v) is 31.6. The van der Waals surface area contributed by atoms with Crippen molar-refractivity contribution in [2.24, 2.45) is 0 Å². The highest BCUT2D eigenvalue weighted by Gasteiger charge is 2.42. The third kappa shape index (κ3) is 9.83. The van der Waals surface area contributed by atoms with Gasteiger partial charge in [0.15, 0.2) is 0 Å². The van der Waals surface area contributed by atoms with E-state index in [4.69, 9.17) is 9.47 Å². The van der Waals surface area contributed by atoms with Crippen LogP contribution in [-0.4, -0.2) is 23.9 Å². The van der Waals surface area contributed by atoms with Gasteiger partial charge in [-0.05, 0) is 90.8 Å². The van der Waals surface area contributed by atoms with Gasteiger partial charge in [0.1, 0.15) is 0 Å². The molecule has 0 bridgehead atoms. The van der Waals surface area contributed by atoms with E-state index in [2.05, 4.69) is 61.7 Å². The second-order valence-corrected chi connectivity index (χ2v) is 14.0. The Balaban J connectivity index is -0.00000126. The normalized spacial score (nSPS) is 12.7. The SMILES string of the molecule is C=C=C=C=C=C=C=Cc1c(CCCCCCCC)c2c3c(c(CCCCCCCC)c(CCCCCCCC)c4c3c1C(=O)OC4=O)C(=O)OC2=O.[HH].[HH].[HH].[HH].[HH].[HH].[HH].[HH]. The predicted molar refractivity (Wildman–Crippen MR) is 223 cm³/mol. The molecule has 6 heteroatoms. The van der Waals surface area contributed by atoms with E-state index in [0.29, 0.717) is 52.3 Å². The fourth-order valence-corrected chi connectivity index (χ4v) is 7.65. The van der Waals surface area contributed by atoms with Crippen molar-refractivity contribution in [3.63, 3.8) is 0 Å². The first-order chi connectivity index (χ1) is 25.4. The molecule has 0 saturated carbocycles. The zero-order valence-electron chi connectivity index (χ0n) is 31.6. The molecule has 0 fully saturated rings. The van der Waals surface area contributed by atoms with E-state index >= 15 is 0 Å². The molecular weight excluding hydrogens is 649 g/mol. The number of hydrogen-bond acceptors (Lipinski definition) is 6. The second kappa shape index (κ2) is 21.1. The van der Waals surface area contributed by atoms with E-state index in [9.17, 15) is 19.2 Å². The molecule has 0 saturated heterocycles. The summed E-state index contributed by atoms with van der Waals surface area (Å²) in [5, 5.41) is 0.679. The number of unbranched alkanes of at least 4 members (excludes halogenated alkanes) is 15. The van der Waals surface area contributed by atoms with Crippen molar-refractivity contribution in [3.05, 3.63) is 85.5 Å². The number of benzene rings is 2. The van der Waals surface area contributed by atoms with Crippen LogP contribution in [0, 0.1) is 0 Å². The number of cyclic esters (lactones) is 4. The van der Waals surface area contributed by atoms with Gasteiger partial charge in [0, 0.05) is 27.7 Å². The van der Waals surface area contributed by atoms with Crippen molar-refractivity contribution in [1.82, 2.24) is 0 Å². The van der Waals surface area contributed by atoms with Crippen LogP contribution in [0.3, 0.4) is 0 Å². The molecule has 0 aliphatic carbocycles. The van der Waals surface area contributed by atoms with Crippen LogP contribution in [0.5, 0.6) is 0 Å². The lowest BCUT2D eigenvalue weighted by Crippen LogP contribution is -2.30. The number of hydrogen-bond donors (Lipinski definition) is 0. The Morgan fingerprint density at radius 1 is 0.481 bits per heavy atom. The second-order valence-electron chi connectivity index (χ2n) is 14.0. The quantitative estimate of drug-likeness (QED) is 0.0521. The van der Waals surface area contributed by atoms with E-state index in [0.717, 1.165) is 114 Å². The standard InChI is InChI=1S/C46H54O6.8H2/c1-5-9-13-17-21-25-29-33-34(30-26-22-18-14-10-6-2)38-42-40(46(50)52-44(38)48)36(32-28-24-20-16-12-8-4)35(31-27-23-19-15-11-7-3)39-41(42)37(33)43(47)51-45(39)49;;;;;;;;/h29H,1,6-8,10-12,14-16,18-20,22-24,26-28,30-32H2,2-4H3;8*1H. The summed E-state index contributed by atoms with van der Waals surface area (Å²) < 4.78 is 11.1. The number of carbonyl (C=O) groups is 4. The molecule has 2 aliphatic heterocycles. The fourth-order valence-electron chi connectivity index (χ4n) is 7.65. The molecule has 52 heavy (non-hydrogen) atoms. The summed E-state index contributed by atoms with van der Waals surface area (Å²) >= 11 is 0. The van der Waals surface area contributed by atoms with E-state index in [1.807, 2.05) is 0 Å². The Morgan fingerprint density at radius 3 is 1.31 bits per heavy atom. The van der Waals surface area contributed by atoms with Crippen LogP contribution in [0.4, 0.5) is 0 Å². The molecule has 4 rings (SSSR count). The minimum atomic E-state index is -0.804. The molecule has 0 radical (unpaired) electrons. The van der Waals surface area contributed by atoms with E-state index < -0.39 is 23.9 Å². The lowest BCUT2D eigenvalue weighted by Gasteiger charge is -2.30. The highest BCUT2D eigenvalue weighted by molar-refractivity contribution is 6.31. The summed E-state index contributed by atoms with van der Waals surface area (Å²) in [6, 6.07) is 0. The molecular formula is C46H70O6. The minimum Gasteiger partial charge on any atom is -0.386 e. The van der Waals surface area contributed by atoms with Gasteiger partial charge >= 0.3 is 23.9 Å². The maximum Gasteiger partial charge on any atom is 0.347 e. The highest BCUT2D eigenvalue weighted by atomic mass is 16.6. The van der Waals surface area contributed by atoms with E-state index in [1.54, 1.807) is 6.08 Å². The van der Waals surface area contributed by atoms with Crippen molar-refractivity contribution in [2.75, 3.05) is 0 Å². The van der Waals surface area contributed by atoms with Crippen LogP contribution >= 0.6 is 0 Å². The summed E-state index contributed by atoms with van der Waals surface area (Å²) in [6.45, 7) is 10.0. The highest BCUT2D eigenvalue weighted by Crippen LogP contribution is 2.45. The fraction of sp³-hybridized carbons (Fsp3) is 0.522. The van der Waals surface area contributed by atoms with Gasteiger partial charge in [0.05, 0.1) is 22.3 Å². The lowest BCUT2D eigenvalue weighted by molar-refractivity contribution is 0.0363. The van der Waals surface area contributed by atoms with Gasteiger partial charge < -0.3 is 9.47 Å². The molecule has 290 valence electrons. The van der Waals surface area contributed by atoms with Crippen LogP contribution < -0.4 is 0 Å². The van der Waals surface area contributed by atoms with Gasteiger partial charge in [-0.25, -0.2) is 19.2 Å². The largest absolute Gasteiger partial charge is 0.386 e. The first kappa shape index (κ1) is 40.2. The minimum absolute atomic E-state index is 0. The topological polar surface area (TPSA) is 86.7 Å². The monoisotopic (exact) mass is 719 g/mol. The lowest BCUT2D eigenvalue weighted by atomic mass is 9.76. The molecule has 0 aromatic heterocycles. The molecule has 0 spiro atoms. The molecule has 0 N–H and O–H groups in total. The van der Waals surface area contributed by atoms with Gasteiger partial charge in [0.25, 0.3) is 0 Å². The maximum absolute atomic E-state index is 13.9. The number of ether oxygens (including phenoxy) is 2. The Labute approximate surface area is 321 Å². The third-order valence-corrected chi connectivity index (χ3v) is 10.2. The van der Waals surface area contributed by atoms with Gasteiger partial charge in [0.2, 0.25) is 0 Å². The number of rotatable bonds is 22. The van der Waals surface area contributed by atoms with Gasteiger partial charge in [-0.1, -0.05) is 129 Å². The van der Waals surface area contributed by atoms with Crippen LogP contribution in [0.2, 0.25) is 0 Å². The summed E-state index contributed by atoms with van der Waals surface area (Å²) in [6.07, 6.45) is 22.0. The summed E-state index contributed by atoms with van der Waals surface area (Å²) in [7, 11) is 0. The van der Waals surface area contributed by atoms with Crippen LogP contribution in [0.1, 0.15) is 211 Å². The van der Waals surface area contributed by atoms with Gasteiger partial charge in [-0.2, -0.15) is 0 Å². The maximum atomic E-state index is 13.9. The zero-order chi connectivity index (χ0) is 37.3. The molecule has 2 aliphatic rings. The Hall–Kier alpha value is -4.60. The predicted octanol–water partition coefficient (Wildman–Crippen LogP) is 13.7. The summed E-state index contributed by atoms with van der Waals surface area (Å²) in [5.74, 6) is -3.01. The molecule has 2 aromatic rings. The average molecular weight is 719 g/mol. The van der Waals surface area contributed by atoms with Crippen molar-refractivity contribution in [3.8, 4) is 0 Å². The van der Waals surface area contributed by atoms with E-state index in [-0.39, 0.29) is 22.5 Å². The van der Waals surface area contributed by atoms with Gasteiger partial charge in [-0.3, -0.25) is 0 Å². The van der Waals surface area contributed by atoms with E-state index in [1.165, 1.54) is 12.8 Å². The van der Waals surface area contributed by atoms with Crippen molar-refractivity contribution in [2.45, 2.75) is 156 Å². The summed E-state index contributed by atoms with van der Waals surface area (Å²) in [4.78, 5) is 55.6. The van der Waals surface area contributed by atoms with Crippen molar-refractivity contribution < 1.29 is 40.1 Å². The Bertz CT molecular complexity index is 1940. The van der Waals surface area contributed by atoms with Crippen LogP contribution in [0.15, 0.2) is 41.0 Å². The Morgan fingerprint density at radius 2 is 0.846 bits per heavy atom. The molecule has 6 nitrogen and oxygen atoms in total. The van der Waals surface area contributed by atoms with Crippen LogP contribution in [0.25, 0.3) is 16.8 Å². The Kier molecular flexibility index (Phi) is 16.3. The number of carbonyl (C=O) groups excluding carboxylic acids is 4. The van der Waals surface area contributed by atoms with Crippen LogP contribution in [-0.2, 0) is 28.7 Å². The molecule has 2 aromatic carbocycles. The molecule has 2 heterocycles. The molecule has 0 amide bonds. The third-order valence-electron chi connectivity index (χ3n) is 10.2. The van der Waals surface area contributed by atoms with Crippen molar-refractivity contribution >= 4 is 40.7 Å². The molecule has 0 unspecified atom stereocenters. The molecule has 0 atom stereocenters. The first-order valence-corrected chi connectivity index (χ1v) is 19.7. The first-order valence-electron chi connectivity index (χ1n) is 19.7. The smallest absolute Gasteiger partial charge is 0.347 e. The summed E-state index contributed by atoms with van der Waals surface area (Å²) in [5.41, 5.74) is 19.5. The van der Waals surface area contributed by atoms with Gasteiger partial charge in [-0.15, -0.1) is 0 Å². The van der Waals surface area contributed by atoms with Crippen molar-refractivity contribution in [1.29, 1.82) is 0 Å².